The lowest BCUT2D eigenvalue weighted by atomic mass is 9.92. The van der Waals surface area contributed by atoms with Crippen molar-refractivity contribution in [3.8, 4) is 5.75 Å². The maximum absolute atomic E-state index is 5.88. The topological polar surface area (TPSA) is 21.3 Å². The normalized spacial score (nSPS) is 24.6. The Morgan fingerprint density at radius 3 is 2.67 bits per heavy atom. The zero-order valence-electron chi connectivity index (χ0n) is 8.66. The number of benzene rings is 1. The lowest BCUT2D eigenvalue weighted by molar-refractivity contribution is 0.278. The molecule has 2 nitrogen and oxygen atoms in total. The van der Waals surface area contributed by atoms with Crippen LogP contribution in [0.3, 0.4) is 0 Å². The van der Waals surface area contributed by atoms with Crippen molar-refractivity contribution in [1.29, 1.82) is 0 Å². The van der Waals surface area contributed by atoms with Crippen molar-refractivity contribution in [3.63, 3.8) is 0 Å². The standard InChI is InChI=1S/C12H16ClNO/c13-10-8-11(9-10)14-6-7-15-12-4-2-1-3-5-12/h1-5,10-11,14H,6-9H2. The Balaban J connectivity index is 1.56. The van der Waals surface area contributed by atoms with Crippen molar-refractivity contribution in [2.24, 2.45) is 0 Å². The first kappa shape index (κ1) is 10.8. The van der Waals surface area contributed by atoms with Crippen LogP contribution < -0.4 is 10.1 Å². The molecule has 0 aliphatic heterocycles. The van der Waals surface area contributed by atoms with Gasteiger partial charge in [-0.3, -0.25) is 0 Å². The second-order valence-corrected chi connectivity index (χ2v) is 4.50. The van der Waals surface area contributed by atoms with Crippen LogP contribution >= 0.6 is 11.6 Å². The van der Waals surface area contributed by atoms with E-state index in [1.165, 1.54) is 0 Å². The SMILES string of the molecule is ClC1CC(NCCOc2ccccc2)C1. The minimum Gasteiger partial charge on any atom is -0.492 e. The number of halogens is 1. The van der Waals surface area contributed by atoms with Gasteiger partial charge in [-0.25, -0.2) is 0 Å². The number of ether oxygens (including phenoxy) is 1. The molecule has 0 amide bonds. The van der Waals surface area contributed by atoms with E-state index >= 15 is 0 Å². The minimum absolute atomic E-state index is 0.387. The summed E-state index contributed by atoms with van der Waals surface area (Å²) in [6.45, 7) is 1.61. The van der Waals surface area contributed by atoms with E-state index in [9.17, 15) is 0 Å². The van der Waals surface area contributed by atoms with Crippen LogP contribution in [-0.2, 0) is 0 Å². The van der Waals surface area contributed by atoms with Crippen LogP contribution in [0.25, 0.3) is 0 Å². The van der Waals surface area contributed by atoms with Crippen LogP contribution in [0.1, 0.15) is 12.8 Å². The summed E-state index contributed by atoms with van der Waals surface area (Å²) in [6, 6.07) is 10.5. The highest BCUT2D eigenvalue weighted by Gasteiger charge is 2.26. The number of nitrogens with one attached hydrogen (secondary N) is 1. The molecule has 0 spiro atoms. The molecular formula is C12H16ClNO. The van der Waals surface area contributed by atoms with Crippen molar-refractivity contribution >= 4 is 11.6 Å². The first-order chi connectivity index (χ1) is 7.34. The molecule has 0 atom stereocenters. The summed E-state index contributed by atoms with van der Waals surface area (Å²) in [5.74, 6) is 0.933. The van der Waals surface area contributed by atoms with Crippen LogP contribution in [0, 0.1) is 0 Å². The van der Waals surface area contributed by atoms with E-state index < -0.39 is 0 Å². The van der Waals surface area contributed by atoms with Gasteiger partial charge in [0, 0.05) is 18.0 Å². The van der Waals surface area contributed by atoms with Crippen molar-refractivity contribution in [2.75, 3.05) is 13.2 Å². The first-order valence-corrected chi connectivity index (χ1v) is 5.83. The van der Waals surface area contributed by atoms with Gasteiger partial charge in [-0.2, -0.15) is 0 Å². The zero-order chi connectivity index (χ0) is 10.5. The molecule has 0 aromatic heterocycles. The molecular weight excluding hydrogens is 210 g/mol. The second-order valence-electron chi connectivity index (χ2n) is 3.88. The van der Waals surface area contributed by atoms with Gasteiger partial charge < -0.3 is 10.1 Å². The van der Waals surface area contributed by atoms with Gasteiger partial charge in [0.15, 0.2) is 0 Å². The van der Waals surface area contributed by atoms with Crippen LogP contribution in [0.5, 0.6) is 5.75 Å². The number of hydrogen-bond acceptors (Lipinski definition) is 2. The van der Waals surface area contributed by atoms with Gasteiger partial charge in [-0.1, -0.05) is 18.2 Å². The zero-order valence-corrected chi connectivity index (χ0v) is 9.41. The molecule has 3 heteroatoms. The highest BCUT2D eigenvalue weighted by Crippen LogP contribution is 2.24. The molecule has 82 valence electrons. The molecule has 0 unspecified atom stereocenters. The third-order valence-electron chi connectivity index (χ3n) is 2.63. The van der Waals surface area contributed by atoms with E-state index in [0.717, 1.165) is 25.1 Å². The van der Waals surface area contributed by atoms with E-state index in [1.807, 2.05) is 30.3 Å². The molecule has 1 aromatic carbocycles. The summed E-state index contributed by atoms with van der Waals surface area (Å²) in [5.41, 5.74) is 0. The molecule has 1 saturated carbocycles. The smallest absolute Gasteiger partial charge is 0.119 e. The van der Waals surface area contributed by atoms with Gasteiger partial charge in [0.1, 0.15) is 12.4 Å². The average molecular weight is 226 g/mol. The first-order valence-electron chi connectivity index (χ1n) is 5.40. The Morgan fingerprint density at radius 2 is 2.00 bits per heavy atom. The van der Waals surface area contributed by atoms with Crippen molar-refractivity contribution in [3.05, 3.63) is 30.3 Å². The van der Waals surface area contributed by atoms with Crippen molar-refractivity contribution in [2.45, 2.75) is 24.3 Å². The van der Waals surface area contributed by atoms with Crippen LogP contribution in [0.4, 0.5) is 0 Å². The number of para-hydroxylation sites is 1. The minimum atomic E-state index is 0.387. The molecule has 1 aliphatic carbocycles. The number of rotatable bonds is 5. The summed E-state index contributed by atoms with van der Waals surface area (Å²) in [4.78, 5) is 0. The monoisotopic (exact) mass is 225 g/mol. The van der Waals surface area contributed by atoms with Gasteiger partial charge in [0.2, 0.25) is 0 Å². The Morgan fingerprint density at radius 1 is 1.27 bits per heavy atom. The fourth-order valence-electron chi connectivity index (χ4n) is 1.66. The average Bonchev–Trinajstić information content (AvgIpc) is 2.23. The van der Waals surface area contributed by atoms with E-state index in [1.54, 1.807) is 0 Å². The fraction of sp³-hybridized carbons (Fsp3) is 0.500. The van der Waals surface area contributed by atoms with Crippen molar-refractivity contribution < 1.29 is 4.74 Å². The number of alkyl halides is 1. The van der Waals surface area contributed by atoms with E-state index in [2.05, 4.69) is 5.32 Å². The Kier molecular flexibility index (Phi) is 3.87. The molecule has 0 radical (unpaired) electrons. The summed E-state index contributed by atoms with van der Waals surface area (Å²) < 4.78 is 5.56. The van der Waals surface area contributed by atoms with Crippen molar-refractivity contribution in [1.82, 2.24) is 5.32 Å². The van der Waals surface area contributed by atoms with E-state index in [0.29, 0.717) is 18.0 Å². The Bertz CT molecular complexity index is 285. The van der Waals surface area contributed by atoms with E-state index in [-0.39, 0.29) is 0 Å². The molecule has 0 heterocycles. The van der Waals surface area contributed by atoms with Crippen LogP contribution in [0.2, 0.25) is 0 Å². The highest BCUT2D eigenvalue weighted by atomic mass is 35.5. The summed E-state index contributed by atoms with van der Waals surface area (Å²) >= 11 is 5.88. The highest BCUT2D eigenvalue weighted by molar-refractivity contribution is 6.21. The molecule has 1 aliphatic rings. The second kappa shape index (κ2) is 5.38. The summed E-state index contributed by atoms with van der Waals surface area (Å²) in [7, 11) is 0. The van der Waals surface area contributed by atoms with E-state index in [4.69, 9.17) is 16.3 Å². The molecule has 1 N–H and O–H groups in total. The Labute approximate surface area is 95.6 Å². The Hall–Kier alpha value is -0.730. The molecule has 15 heavy (non-hydrogen) atoms. The lowest BCUT2D eigenvalue weighted by Gasteiger charge is -2.31. The molecule has 2 rings (SSSR count). The predicted octanol–water partition coefficient (Wildman–Crippen LogP) is 2.42. The van der Waals surface area contributed by atoms with Crippen LogP contribution in [-0.4, -0.2) is 24.6 Å². The molecule has 1 aromatic rings. The molecule has 0 bridgehead atoms. The van der Waals surface area contributed by atoms with Gasteiger partial charge in [0.25, 0.3) is 0 Å². The summed E-state index contributed by atoms with van der Waals surface area (Å²) in [5, 5.41) is 3.80. The maximum Gasteiger partial charge on any atom is 0.119 e. The quantitative estimate of drug-likeness (QED) is 0.614. The van der Waals surface area contributed by atoms with Crippen LogP contribution in [0.15, 0.2) is 30.3 Å². The molecule has 0 saturated heterocycles. The predicted molar refractivity (Wildman–Crippen MR) is 62.6 cm³/mol. The lowest BCUT2D eigenvalue weighted by Crippen LogP contribution is -2.43. The largest absolute Gasteiger partial charge is 0.492 e. The van der Waals surface area contributed by atoms with Gasteiger partial charge in [0.05, 0.1) is 0 Å². The fourth-order valence-corrected chi connectivity index (χ4v) is 2.09. The summed E-state index contributed by atoms with van der Waals surface area (Å²) in [6.07, 6.45) is 2.18. The van der Waals surface area contributed by atoms with Gasteiger partial charge >= 0.3 is 0 Å². The third kappa shape index (κ3) is 3.40. The molecule has 1 fully saturated rings. The van der Waals surface area contributed by atoms with Gasteiger partial charge in [-0.05, 0) is 25.0 Å². The maximum atomic E-state index is 5.88. The number of hydrogen-bond donors (Lipinski definition) is 1. The third-order valence-corrected chi connectivity index (χ3v) is 2.98. The van der Waals surface area contributed by atoms with Gasteiger partial charge in [-0.15, -0.1) is 11.6 Å².